The number of likely N-dealkylation sites (tertiary alicyclic amines) is 1. The van der Waals surface area contributed by atoms with Crippen LogP contribution in [0.4, 0.5) is 0 Å². The molecule has 2 fully saturated rings. The summed E-state index contributed by atoms with van der Waals surface area (Å²) < 4.78 is 11.8. The van der Waals surface area contributed by atoms with Gasteiger partial charge in [-0.3, -0.25) is 9.88 Å². The van der Waals surface area contributed by atoms with Crippen LogP contribution in [-0.4, -0.2) is 47.3 Å². The van der Waals surface area contributed by atoms with Gasteiger partial charge in [0.25, 0.3) is 0 Å². The maximum Gasteiger partial charge on any atom is 0.213 e. The van der Waals surface area contributed by atoms with Crippen molar-refractivity contribution in [2.45, 2.75) is 31.9 Å². The summed E-state index contributed by atoms with van der Waals surface area (Å²) in [6.07, 6.45) is 7.29. The monoisotopic (exact) mass is 339 g/mol. The Bertz CT molecular complexity index is 657. The van der Waals surface area contributed by atoms with Gasteiger partial charge in [0.1, 0.15) is 6.61 Å². The predicted octanol–water partition coefficient (Wildman–Crippen LogP) is 2.93. The highest BCUT2D eigenvalue weighted by atomic mass is 16.5. The molecule has 0 amide bonds. The van der Waals surface area contributed by atoms with E-state index >= 15 is 0 Å². The molecule has 1 atom stereocenters. The van der Waals surface area contributed by atoms with E-state index < -0.39 is 0 Å². The Kier molecular flexibility index (Phi) is 4.95. The Morgan fingerprint density at radius 3 is 2.60 bits per heavy atom. The van der Waals surface area contributed by atoms with E-state index in [1.165, 1.54) is 12.8 Å². The smallest absolute Gasteiger partial charge is 0.213 e. The Hall–Kier alpha value is -1.98. The van der Waals surface area contributed by atoms with Crippen molar-refractivity contribution in [2.24, 2.45) is 5.41 Å². The Labute approximate surface area is 149 Å². The number of hydrogen-bond donors (Lipinski definition) is 0. The molecule has 0 radical (unpaired) electrons. The summed E-state index contributed by atoms with van der Waals surface area (Å²) in [5.41, 5.74) is 1.49. The van der Waals surface area contributed by atoms with Crippen molar-refractivity contribution in [3.8, 4) is 5.88 Å². The molecule has 2 aliphatic rings. The molecule has 5 heteroatoms. The lowest BCUT2D eigenvalue weighted by Gasteiger charge is -2.38. The van der Waals surface area contributed by atoms with E-state index in [2.05, 4.69) is 27.0 Å². The SMILES string of the molecule is c1ccc(CN2CCC3(CC2)CO[C@@H](COc2ccccn2)C3)nc1. The number of pyridine rings is 2. The quantitative estimate of drug-likeness (QED) is 0.838. The largest absolute Gasteiger partial charge is 0.475 e. The van der Waals surface area contributed by atoms with Gasteiger partial charge in [-0.05, 0) is 56.0 Å². The Morgan fingerprint density at radius 1 is 1.08 bits per heavy atom. The highest BCUT2D eigenvalue weighted by Gasteiger charge is 2.42. The summed E-state index contributed by atoms with van der Waals surface area (Å²) in [5.74, 6) is 0.678. The highest BCUT2D eigenvalue weighted by Crippen LogP contribution is 2.42. The second-order valence-electron chi connectivity index (χ2n) is 7.21. The number of ether oxygens (including phenoxy) is 2. The van der Waals surface area contributed by atoms with Gasteiger partial charge in [0.2, 0.25) is 5.88 Å². The van der Waals surface area contributed by atoms with Crippen LogP contribution in [0.2, 0.25) is 0 Å². The molecule has 2 aromatic rings. The first-order valence-electron chi connectivity index (χ1n) is 9.09. The molecule has 4 rings (SSSR count). The molecular weight excluding hydrogens is 314 g/mol. The number of hydrogen-bond acceptors (Lipinski definition) is 5. The highest BCUT2D eigenvalue weighted by molar-refractivity contribution is 5.09. The van der Waals surface area contributed by atoms with Crippen molar-refractivity contribution in [1.82, 2.24) is 14.9 Å². The first-order valence-corrected chi connectivity index (χ1v) is 9.09. The molecule has 0 saturated carbocycles. The van der Waals surface area contributed by atoms with Gasteiger partial charge >= 0.3 is 0 Å². The molecule has 0 aromatic carbocycles. The van der Waals surface area contributed by atoms with Crippen molar-refractivity contribution in [3.05, 3.63) is 54.5 Å². The molecule has 25 heavy (non-hydrogen) atoms. The van der Waals surface area contributed by atoms with Gasteiger partial charge in [0.05, 0.1) is 18.4 Å². The van der Waals surface area contributed by atoms with Gasteiger partial charge in [-0.1, -0.05) is 12.1 Å². The van der Waals surface area contributed by atoms with Gasteiger partial charge in [-0.15, -0.1) is 0 Å². The maximum atomic E-state index is 6.04. The van der Waals surface area contributed by atoms with Crippen LogP contribution in [0, 0.1) is 5.41 Å². The molecule has 0 unspecified atom stereocenters. The molecule has 5 nitrogen and oxygen atoms in total. The zero-order valence-corrected chi connectivity index (χ0v) is 14.5. The molecule has 0 bridgehead atoms. The fraction of sp³-hybridized carbons (Fsp3) is 0.500. The van der Waals surface area contributed by atoms with Crippen LogP contribution in [0.15, 0.2) is 48.8 Å². The Morgan fingerprint density at radius 2 is 1.88 bits per heavy atom. The number of aromatic nitrogens is 2. The van der Waals surface area contributed by atoms with E-state index in [4.69, 9.17) is 9.47 Å². The number of nitrogens with zero attached hydrogens (tertiary/aromatic N) is 3. The van der Waals surface area contributed by atoms with Gasteiger partial charge in [-0.25, -0.2) is 4.98 Å². The van der Waals surface area contributed by atoms with Crippen LogP contribution in [0.1, 0.15) is 25.0 Å². The molecule has 2 aromatic heterocycles. The minimum atomic E-state index is 0.185. The molecule has 1 spiro atoms. The van der Waals surface area contributed by atoms with Crippen LogP contribution in [0.3, 0.4) is 0 Å². The molecule has 0 aliphatic carbocycles. The molecule has 2 saturated heterocycles. The topological polar surface area (TPSA) is 47.5 Å². The van der Waals surface area contributed by atoms with E-state index in [1.807, 2.05) is 30.5 Å². The van der Waals surface area contributed by atoms with Crippen molar-refractivity contribution >= 4 is 0 Å². The average molecular weight is 339 g/mol. The predicted molar refractivity (Wildman–Crippen MR) is 95.3 cm³/mol. The van der Waals surface area contributed by atoms with Crippen LogP contribution in [0.25, 0.3) is 0 Å². The lowest BCUT2D eigenvalue weighted by Crippen LogP contribution is -2.40. The summed E-state index contributed by atoms with van der Waals surface area (Å²) in [4.78, 5) is 11.1. The third-order valence-electron chi connectivity index (χ3n) is 5.37. The molecular formula is C20H25N3O2. The van der Waals surface area contributed by atoms with E-state index in [1.54, 1.807) is 6.20 Å². The fourth-order valence-electron chi connectivity index (χ4n) is 3.87. The fourth-order valence-corrected chi connectivity index (χ4v) is 3.87. The normalized spacial score (nSPS) is 23.0. The molecule has 0 N–H and O–H groups in total. The van der Waals surface area contributed by atoms with Crippen molar-refractivity contribution < 1.29 is 9.47 Å². The lowest BCUT2D eigenvalue weighted by molar-refractivity contribution is 0.0461. The van der Waals surface area contributed by atoms with Gasteiger partial charge < -0.3 is 9.47 Å². The minimum Gasteiger partial charge on any atom is -0.475 e. The van der Waals surface area contributed by atoms with Crippen LogP contribution < -0.4 is 4.74 Å². The van der Waals surface area contributed by atoms with E-state index in [0.717, 1.165) is 38.4 Å². The van der Waals surface area contributed by atoms with Crippen LogP contribution in [-0.2, 0) is 11.3 Å². The summed E-state index contributed by atoms with van der Waals surface area (Å²) in [6.45, 7) is 4.64. The maximum absolute atomic E-state index is 6.04. The average Bonchev–Trinajstić information content (AvgIpc) is 3.07. The second kappa shape index (κ2) is 7.50. The first-order chi connectivity index (χ1) is 12.3. The second-order valence-corrected chi connectivity index (χ2v) is 7.21. The van der Waals surface area contributed by atoms with Crippen LogP contribution in [0.5, 0.6) is 5.88 Å². The zero-order chi connectivity index (χ0) is 17.0. The van der Waals surface area contributed by atoms with Crippen molar-refractivity contribution in [1.29, 1.82) is 0 Å². The number of piperidine rings is 1. The lowest BCUT2D eigenvalue weighted by atomic mass is 9.76. The van der Waals surface area contributed by atoms with E-state index in [-0.39, 0.29) is 6.10 Å². The minimum absolute atomic E-state index is 0.185. The summed E-state index contributed by atoms with van der Waals surface area (Å²) in [6, 6.07) is 11.9. The third kappa shape index (κ3) is 4.17. The van der Waals surface area contributed by atoms with E-state index in [0.29, 0.717) is 17.9 Å². The Balaban J connectivity index is 1.24. The zero-order valence-electron chi connectivity index (χ0n) is 14.5. The van der Waals surface area contributed by atoms with E-state index in [9.17, 15) is 0 Å². The standard InChI is InChI=1S/C20H25N3O2/c1-3-9-21-17(5-1)14-23-11-7-20(8-12-23)13-18(25-16-20)15-24-19-6-2-4-10-22-19/h1-6,9-10,18H,7-8,11-16H2/t18-/m1/s1. The third-order valence-corrected chi connectivity index (χ3v) is 5.37. The van der Waals surface area contributed by atoms with Crippen molar-refractivity contribution in [3.63, 3.8) is 0 Å². The van der Waals surface area contributed by atoms with Gasteiger partial charge in [0, 0.05) is 25.0 Å². The molecule has 4 heterocycles. The number of rotatable bonds is 5. The van der Waals surface area contributed by atoms with Crippen LogP contribution >= 0.6 is 0 Å². The first kappa shape index (κ1) is 16.5. The molecule has 132 valence electrons. The summed E-state index contributed by atoms with van der Waals surface area (Å²) in [7, 11) is 0. The van der Waals surface area contributed by atoms with Gasteiger partial charge in [0.15, 0.2) is 0 Å². The molecule has 2 aliphatic heterocycles. The van der Waals surface area contributed by atoms with Crippen molar-refractivity contribution in [2.75, 3.05) is 26.3 Å². The summed E-state index contributed by atoms with van der Waals surface area (Å²) in [5, 5.41) is 0. The van der Waals surface area contributed by atoms with Gasteiger partial charge in [-0.2, -0.15) is 0 Å². The summed E-state index contributed by atoms with van der Waals surface area (Å²) >= 11 is 0.